The first-order valence-corrected chi connectivity index (χ1v) is 12.1. The van der Waals surface area contributed by atoms with Gasteiger partial charge in [0.05, 0.1) is 11.9 Å². The molecule has 0 aliphatic rings. The number of primary amides is 1. The van der Waals surface area contributed by atoms with E-state index in [-0.39, 0.29) is 17.8 Å². The molecule has 0 fully saturated rings. The van der Waals surface area contributed by atoms with E-state index in [1.807, 2.05) is 57.2 Å². The molecule has 1 heterocycles. The molecule has 1 aromatic heterocycles. The third-order valence-electron chi connectivity index (χ3n) is 5.18. The van der Waals surface area contributed by atoms with E-state index in [1.54, 1.807) is 12.4 Å². The second kappa shape index (κ2) is 14.2. The van der Waals surface area contributed by atoms with Gasteiger partial charge in [-0.1, -0.05) is 43.2 Å². The lowest BCUT2D eigenvalue weighted by molar-refractivity contribution is -0.157. The van der Waals surface area contributed by atoms with Gasteiger partial charge in [-0.15, -0.1) is 0 Å². The Morgan fingerprint density at radius 2 is 1.66 bits per heavy atom. The predicted octanol–water partition coefficient (Wildman–Crippen LogP) is 3.89. The normalized spacial score (nSPS) is 12.1. The number of pyridine rings is 1. The lowest BCUT2D eigenvalue weighted by atomic mass is 10.1. The van der Waals surface area contributed by atoms with Crippen molar-refractivity contribution in [2.75, 3.05) is 5.32 Å². The van der Waals surface area contributed by atoms with E-state index in [2.05, 4.69) is 15.6 Å². The highest BCUT2D eigenvalue weighted by Crippen LogP contribution is 2.14. The Balaban J connectivity index is 1.89. The van der Waals surface area contributed by atoms with Crippen LogP contribution in [0, 0.1) is 0 Å². The highest BCUT2D eigenvalue weighted by Gasteiger charge is 2.25. The monoisotopic (exact) mass is 482 g/mol. The van der Waals surface area contributed by atoms with Crippen molar-refractivity contribution >= 4 is 23.5 Å². The van der Waals surface area contributed by atoms with E-state index in [0.717, 1.165) is 36.8 Å². The van der Waals surface area contributed by atoms with Crippen LogP contribution in [-0.4, -0.2) is 34.4 Å². The van der Waals surface area contributed by atoms with Gasteiger partial charge in [0.25, 0.3) is 0 Å². The zero-order chi connectivity index (χ0) is 25.7. The van der Waals surface area contributed by atoms with Crippen molar-refractivity contribution in [3.8, 4) is 0 Å². The number of ether oxygens (including phenoxy) is 1. The average Bonchev–Trinajstić information content (AvgIpc) is 2.78. The summed E-state index contributed by atoms with van der Waals surface area (Å²) >= 11 is 0. The van der Waals surface area contributed by atoms with Crippen LogP contribution >= 0.6 is 0 Å². The molecule has 8 nitrogen and oxygen atoms in total. The number of unbranched alkanes of at least 4 members (excludes halogenated alkanes) is 3. The molecule has 1 atom stereocenters. The van der Waals surface area contributed by atoms with E-state index < -0.39 is 11.6 Å². The number of hydrogen-bond acceptors (Lipinski definition) is 6. The smallest absolute Gasteiger partial charge is 0.324 e. The number of carbonyl (C=O) groups excluding carboxylic acids is 3. The van der Waals surface area contributed by atoms with E-state index in [0.29, 0.717) is 31.5 Å². The summed E-state index contributed by atoms with van der Waals surface area (Å²) in [6, 6.07) is 11.1. The fourth-order valence-corrected chi connectivity index (χ4v) is 3.52. The highest BCUT2D eigenvalue weighted by atomic mass is 16.6. The minimum atomic E-state index is -0.582. The standard InChI is InChI=1S/C27H38N4O4/c1-27(2,3)35-26(34)23(16-20-11-7-6-8-12-20)30-18-21-15-22(19-29-17-21)31-25(33)14-10-5-4-9-13-24(28)32/h6-8,11-12,15,17,19,23,30H,4-5,9-10,13-14,16,18H2,1-3H3,(H2,28,32)(H,31,33). The molecule has 2 aromatic rings. The fourth-order valence-electron chi connectivity index (χ4n) is 3.52. The largest absolute Gasteiger partial charge is 0.459 e. The van der Waals surface area contributed by atoms with Gasteiger partial charge in [0.15, 0.2) is 0 Å². The van der Waals surface area contributed by atoms with Crippen LogP contribution in [0.4, 0.5) is 5.69 Å². The van der Waals surface area contributed by atoms with Crippen LogP contribution in [-0.2, 0) is 32.1 Å². The van der Waals surface area contributed by atoms with Gasteiger partial charge in [-0.2, -0.15) is 0 Å². The minimum Gasteiger partial charge on any atom is -0.459 e. The summed E-state index contributed by atoms with van der Waals surface area (Å²) in [5.74, 6) is -0.681. The number of aromatic nitrogens is 1. The molecule has 0 spiro atoms. The number of carbonyl (C=O) groups is 3. The van der Waals surface area contributed by atoms with E-state index in [4.69, 9.17) is 10.5 Å². The Kier molecular flexibility index (Phi) is 11.4. The maximum Gasteiger partial charge on any atom is 0.324 e. The van der Waals surface area contributed by atoms with Crippen molar-refractivity contribution in [3.05, 3.63) is 59.9 Å². The summed E-state index contributed by atoms with van der Waals surface area (Å²) < 4.78 is 5.61. The molecule has 190 valence electrons. The van der Waals surface area contributed by atoms with Crippen LogP contribution in [0.2, 0.25) is 0 Å². The van der Waals surface area contributed by atoms with Crippen molar-refractivity contribution < 1.29 is 19.1 Å². The maximum absolute atomic E-state index is 12.8. The van der Waals surface area contributed by atoms with Gasteiger partial charge >= 0.3 is 5.97 Å². The number of anilines is 1. The number of rotatable bonds is 14. The lowest BCUT2D eigenvalue weighted by Gasteiger charge is -2.25. The number of hydrogen-bond donors (Lipinski definition) is 3. The summed E-state index contributed by atoms with van der Waals surface area (Å²) in [6.45, 7) is 5.94. The summed E-state index contributed by atoms with van der Waals surface area (Å²) in [5, 5.41) is 6.17. The molecule has 35 heavy (non-hydrogen) atoms. The van der Waals surface area contributed by atoms with Crippen LogP contribution in [0.5, 0.6) is 0 Å². The Labute approximate surface area is 208 Å². The zero-order valence-corrected chi connectivity index (χ0v) is 21.0. The van der Waals surface area contributed by atoms with Crippen molar-refractivity contribution in [1.29, 1.82) is 0 Å². The van der Waals surface area contributed by atoms with Crippen LogP contribution < -0.4 is 16.4 Å². The minimum absolute atomic E-state index is 0.0810. The van der Waals surface area contributed by atoms with Crippen LogP contribution in [0.1, 0.15) is 70.4 Å². The molecule has 0 aliphatic heterocycles. The summed E-state index contributed by atoms with van der Waals surface area (Å²) in [6.07, 6.45) is 7.84. The molecule has 0 aliphatic carbocycles. The first kappa shape index (κ1) is 28.0. The van der Waals surface area contributed by atoms with E-state index in [1.165, 1.54) is 0 Å². The topological polar surface area (TPSA) is 123 Å². The maximum atomic E-state index is 12.8. The van der Waals surface area contributed by atoms with Crippen LogP contribution in [0.3, 0.4) is 0 Å². The molecule has 0 radical (unpaired) electrons. The molecule has 0 saturated heterocycles. The van der Waals surface area contributed by atoms with Crippen LogP contribution in [0.15, 0.2) is 48.8 Å². The fraction of sp³-hybridized carbons (Fsp3) is 0.481. The molecule has 8 heteroatoms. The summed E-state index contributed by atoms with van der Waals surface area (Å²) in [4.78, 5) is 40.1. The molecule has 1 unspecified atom stereocenters. The molecule has 2 rings (SSSR count). The molecular formula is C27H38N4O4. The number of nitrogens with one attached hydrogen (secondary N) is 2. The summed E-state index contributed by atoms with van der Waals surface area (Å²) in [7, 11) is 0. The number of esters is 1. The highest BCUT2D eigenvalue weighted by molar-refractivity contribution is 5.90. The van der Waals surface area contributed by atoms with Gasteiger partial charge in [0.2, 0.25) is 11.8 Å². The predicted molar refractivity (Wildman–Crippen MR) is 136 cm³/mol. The summed E-state index contributed by atoms with van der Waals surface area (Å²) in [5.41, 5.74) is 7.03. The third-order valence-corrected chi connectivity index (χ3v) is 5.18. The average molecular weight is 483 g/mol. The van der Waals surface area contributed by atoms with Crippen LogP contribution in [0.25, 0.3) is 0 Å². The zero-order valence-electron chi connectivity index (χ0n) is 21.0. The Hall–Kier alpha value is -3.26. The molecule has 0 bridgehead atoms. The molecule has 0 saturated carbocycles. The SMILES string of the molecule is CC(C)(C)OC(=O)C(Cc1ccccc1)NCc1cncc(NC(=O)CCCCCCC(N)=O)c1. The second-order valence-corrected chi connectivity index (χ2v) is 9.67. The quantitative estimate of drug-likeness (QED) is 0.277. The van der Waals surface area contributed by atoms with Gasteiger partial charge in [0, 0.05) is 25.6 Å². The van der Waals surface area contributed by atoms with Gasteiger partial charge in [-0.25, -0.2) is 0 Å². The first-order valence-electron chi connectivity index (χ1n) is 12.1. The van der Waals surface area contributed by atoms with Gasteiger partial charge in [-0.05, 0) is 57.2 Å². The van der Waals surface area contributed by atoms with Gasteiger partial charge in [-0.3, -0.25) is 24.7 Å². The van der Waals surface area contributed by atoms with Gasteiger partial charge in [0.1, 0.15) is 11.6 Å². The lowest BCUT2D eigenvalue weighted by Crippen LogP contribution is -2.42. The van der Waals surface area contributed by atoms with Crippen molar-refractivity contribution in [2.45, 2.75) is 83.9 Å². The van der Waals surface area contributed by atoms with Crippen molar-refractivity contribution in [1.82, 2.24) is 10.3 Å². The number of amides is 2. The molecule has 1 aromatic carbocycles. The first-order chi connectivity index (χ1) is 16.6. The number of benzene rings is 1. The van der Waals surface area contributed by atoms with Crippen molar-refractivity contribution in [2.24, 2.45) is 5.73 Å². The molecule has 2 amide bonds. The molecule has 4 N–H and O–H groups in total. The van der Waals surface area contributed by atoms with E-state index in [9.17, 15) is 14.4 Å². The van der Waals surface area contributed by atoms with Gasteiger partial charge < -0.3 is 15.8 Å². The Morgan fingerprint density at radius 1 is 0.971 bits per heavy atom. The van der Waals surface area contributed by atoms with E-state index >= 15 is 0 Å². The Morgan fingerprint density at radius 3 is 2.31 bits per heavy atom. The second-order valence-electron chi connectivity index (χ2n) is 9.67. The Bertz CT molecular complexity index is 957. The van der Waals surface area contributed by atoms with Crippen molar-refractivity contribution in [3.63, 3.8) is 0 Å². The number of nitrogens with two attached hydrogens (primary N) is 1. The molecular weight excluding hydrogens is 444 g/mol. The number of nitrogens with zero attached hydrogens (tertiary/aromatic N) is 1. The third kappa shape index (κ3) is 12.1.